The van der Waals surface area contributed by atoms with E-state index in [1.165, 1.54) is 30.3 Å². The maximum absolute atomic E-state index is 12.4. The van der Waals surface area contributed by atoms with E-state index in [1.807, 2.05) is 19.1 Å². The van der Waals surface area contributed by atoms with Crippen LogP contribution in [0.25, 0.3) is 11.1 Å². The summed E-state index contributed by atoms with van der Waals surface area (Å²) >= 11 is 0. The molecule has 1 aliphatic rings. The summed E-state index contributed by atoms with van der Waals surface area (Å²) in [5, 5.41) is 6.71. The topological polar surface area (TPSA) is 106 Å². The number of hydrogen-bond donors (Lipinski definition) is 1. The third kappa shape index (κ3) is 5.04. The van der Waals surface area contributed by atoms with E-state index < -0.39 is 11.7 Å². The van der Waals surface area contributed by atoms with Gasteiger partial charge in [-0.25, -0.2) is 4.79 Å². The van der Waals surface area contributed by atoms with Gasteiger partial charge in [-0.2, -0.15) is 4.98 Å². The predicted molar refractivity (Wildman–Crippen MR) is 115 cm³/mol. The highest BCUT2D eigenvalue weighted by molar-refractivity contribution is 5.89. The zero-order chi connectivity index (χ0) is 21.8. The van der Waals surface area contributed by atoms with Crippen molar-refractivity contribution >= 4 is 17.0 Å². The Bertz CT molecular complexity index is 1090. The van der Waals surface area contributed by atoms with Crippen LogP contribution in [0, 0.1) is 6.92 Å². The molecule has 0 unspecified atom stereocenters. The number of amides is 1. The monoisotopic (exact) mass is 427 g/mol. The van der Waals surface area contributed by atoms with Crippen LogP contribution in [0.5, 0.6) is 0 Å². The van der Waals surface area contributed by atoms with Crippen molar-refractivity contribution in [2.75, 3.05) is 19.6 Å². The fourth-order valence-electron chi connectivity index (χ4n) is 4.06. The van der Waals surface area contributed by atoms with Crippen molar-refractivity contribution in [2.24, 2.45) is 0 Å². The second-order valence-corrected chi connectivity index (χ2v) is 8.28. The van der Waals surface area contributed by atoms with Crippen LogP contribution in [-0.2, 0) is 6.54 Å². The summed E-state index contributed by atoms with van der Waals surface area (Å²) in [4.78, 5) is 31.2. The van der Waals surface area contributed by atoms with Gasteiger partial charge in [-0.1, -0.05) is 24.1 Å². The normalized spacial score (nSPS) is 16.3. The molecule has 1 aromatic carbocycles. The average molecular weight is 428 g/mol. The molecular formula is C22H29N5O4. The van der Waals surface area contributed by atoms with Crippen LogP contribution in [0.15, 0.2) is 31.9 Å². The maximum Gasteiger partial charge on any atom is 0.420 e. The number of oxazole rings is 1. The quantitative estimate of drug-likeness (QED) is 0.618. The number of carbonyl (C=O) groups excluding carboxylic acids is 1. The summed E-state index contributed by atoms with van der Waals surface area (Å²) in [6.07, 6.45) is 5.97. The minimum atomic E-state index is -0.501. The molecule has 1 amide bonds. The van der Waals surface area contributed by atoms with Crippen LogP contribution in [0.3, 0.4) is 0 Å². The highest BCUT2D eigenvalue weighted by atomic mass is 16.5. The lowest BCUT2D eigenvalue weighted by atomic mass is 10.2. The minimum absolute atomic E-state index is 0.0675. The van der Waals surface area contributed by atoms with E-state index in [-0.39, 0.29) is 18.3 Å². The molecule has 0 bridgehead atoms. The molecule has 0 saturated carbocycles. The molecule has 166 valence electrons. The summed E-state index contributed by atoms with van der Waals surface area (Å²) < 4.78 is 11.8. The van der Waals surface area contributed by atoms with Gasteiger partial charge >= 0.3 is 17.6 Å². The van der Waals surface area contributed by atoms with Crippen LogP contribution < -0.4 is 11.1 Å². The first-order valence-electron chi connectivity index (χ1n) is 11.0. The number of nitrogens with zero attached hydrogens (tertiary/aromatic N) is 4. The smallest absolute Gasteiger partial charge is 0.408 e. The Morgan fingerprint density at radius 1 is 1.23 bits per heavy atom. The molecule has 3 heterocycles. The third-order valence-corrected chi connectivity index (χ3v) is 5.90. The summed E-state index contributed by atoms with van der Waals surface area (Å²) in [6.45, 7) is 7.01. The van der Waals surface area contributed by atoms with Crippen molar-refractivity contribution in [1.29, 1.82) is 0 Å². The number of carbonyl (C=O) groups is 1. The van der Waals surface area contributed by atoms with Gasteiger partial charge in [0.25, 0.3) is 0 Å². The van der Waals surface area contributed by atoms with E-state index in [2.05, 4.69) is 27.3 Å². The van der Waals surface area contributed by atoms with Gasteiger partial charge in [0.15, 0.2) is 11.4 Å². The van der Waals surface area contributed by atoms with Crippen LogP contribution >= 0.6 is 0 Å². The molecule has 1 N–H and O–H groups in total. The molecule has 3 aromatic rings. The summed E-state index contributed by atoms with van der Waals surface area (Å²) in [5.74, 6) is -0.759. The van der Waals surface area contributed by atoms with E-state index in [0.29, 0.717) is 23.7 Å². The van der Waals surface area contributed by atoms with Gasteiger partial charge in [-0.15, -0.1) is 0 Å². The number of aryl methyl sites for hydroxylation is 1. The predicted octanol–water partition coefficient (Wildman–Crippen LogP) is 2.72. The first kappa shape index (κ1) is 21.3. The molecule has 1 fully saturated rings. The number of likely N-dealkylation sites (tertiary alicyclic amines) is 1. The first-order chi connectivity index (χ1) is 15.0. The van der Waals surface area contributed by atoms with Crippen molar-refractivity contribution < 1.29 is 13.7 Å². The Kier molecular flexibility index (Phi) is 6.50. The van der Waals surface area contributed by atoms with E-state index in [4.69, 9.17) is 8.94 Å². The standard InChI is InChI=1S/C22H29N5O4/c1-15-7-8-18-17(13-15)27(22(29)30-18)14-19-24-21(31-25-19)20(28)23-10-9-16(2)26-11-5-3-4-6-12-26/h7-8,13,16H,3-6,9-12,14H2,1-2H3,(H,23,28)/t16-/m0/s1. The highest BCUT2D eigenvalue weighted by Crippen LogP contribution is 2.16. The van der Waals surface area contributed by atoms with E-state index in [9.17, 15) is 9.59 Å². The van der Waals surface area contributed by atoms with Crippen molar-refractivity contribution in [2.45, 2.75) is 58.5 Å². The Morgan fingerprint density at radius 3 is 2.77 bits per heavy atom. The summed E-state index contributed by atoms with van der Waals surface area (Å²) in [5.41, 5.74) is 2.16. The molecule has 1 saturated heterocycles. The Morgan fingerprint density at radius 2 is 2.00 bits per heavy atom. The van der Waals surface area contributed by atoms with E-state index in [1.54, 1.807) is 6.07 Å². The van der Waals surface area contributed by atoms with Crippen LogP contribution in [0.4, 0.5) is 0 Å². The molecule has 2 aromatic heterocycles. The molecule has 31 heavy (non-hydrogen) atoms. The lowest BCUT2D eigenvalue weighted by Crippen LogP contribution is -2.37. The van der Waals surface area contributed by atoms with Crippen molar-refractivity contribution in [3.63, 3.8) is 0 Å². The van der Waals surface area contributed by atoms with E-state index >= 15 is 0 Å². The van der Waals surface area contributed by atoms with Crippen LogP contribution in [-0.4, -0.2) is 51.2 Å². The zero-order valence-corrected chi connectivity index (χ0v) is 18.1. The summed E-state index contributed by atoms with van der Waals surface area (Å²) in [6, 6.07) is 5.91. The van der Waals surface area contributed by atoms with Gasteiger partial charge in [0.05, 0.1) is 12.1 Å². The van der Waals surface area contributed by atoms with Gasteiger partial charge in [-0.3, -0.25) is 9.36 Å². The van der Waals surface area contributed by atoms with Gasteiger partial charge in [0, 0.05) is 12.6 Å². The number of nitrogens with one attached hydrogen (secondary N) is 1. The molecule has 4 rings (SSSR count). The Labute approximate surface area is 180 Å². The number of benzene rings is 1. The molecule has 0 radical (unpaired) electrons. The minimum Gasteiger partial charge on any atom is -0.408 e. The second-order valence-electron chi connectivity index (χ2n) is 8.28. The number of aromatic nitrogens is 3. The molecule has 0 spiro atoms. The average Bonchev–Trinajstić information content (AvgIpc) is 3.22. The number of rotatable bonds is 7. The SMILES string of the molecule is Cc1ccc2oc(=O)n(Cc3noc(C(=O)NCC[C@H](C)N4CCCCCC4)n3)c2c1. The molecule has 1 aliphatic heterocycles. The lowest BCUT2D eigenvalue weighted by Gasteiger charge is -2.27. The maximum atomic E-state index is 12.4. The first-order valence-corrected chi connectivity index (χ1v) is 11.0. The Hall–Kier alpha value is -2.94. The fraction of sp³-hybridized carbons (Fsp3) is 0.545. The van der Waals surface area contributed by atoms with Gasteiger partial charge < -0.3 is 19.2 Å². The van der Waals surface area contributed by atoms with Crippen molar-refractivity contribution in [3.05, 3.63) is 46.0 Å². The molecule has 0 aliphatic carbocycles. The largest absolute Gasteiger partial charge is 0.420 e. The van der Waals surface area contributed by atoms with Crippen LogP contribution in [0.1, 0.15) is 61.1 Å². The highest BCUT2D eigenvalue weighted by Gasteiger charge is 2.19. The number of fused-ring (bicyclic) bond motifs is 1. The Balaban J connectivity index is 1.33. The van der Waals surface area contributed by atoms with Crippen molar-refractivity contribution in [1.82, 2.24) is 24.9 Å². The fourth-order valence-corrected chi connectivity index (χ4v) is 4.06. The summed E-state index contributed by atoms with van der Waals surface area (Å²) in [7, 11) is 0. The third-order valence-electron chi connectivity index (χ3n) is 5.90. The van der Waals surface area contributed by atoms with Crippen molar-refractivity contribution in [3.8, 4) is 0 Å². The molecular weight excluding hydrogens is 398 g/mol. The lowest BCUT2D eigenvalue weighted by molar-refractivity contribution is 0.0904. The van der Waals surface area contributed by atoms with Gasteiger partial charge in [0.2, 0.25) is 0 Å². The molecule has 9 heteroatoms. The number of hydrogen-bond acceptors (Lipinski definition) is 7. The van der Waals surface area contributed by atoms with Gasteiger partial charge in [0.1, 0.15) is 0 Å². The van der Waals surface area contributed by atoms with Gasteiger partial charge in [-0.05, 0) is 63.9 Å². The molecule has 1 atom stereocenters. The van der Waals surface area contributed by atoms with E-state index in [0.717, 1.165) is 25.1 Å². The second kappa shape index (κ2) is 9.47. The zero-order valence-electron chi connectivity index (χ0n) is 18.1. The molecule has 9 nitrogen and oxygen atoms in total. The van der Waals surface area contributed by atoms with Crippen LogP contribution in [0.2, 0.25) is 0 Å².